The summed E-state index contributed by atoms with van der Waals surface area (Å²) in [6, 6.07) is 0. The molecule has 0 aliphatic rings. The summed E-state index contributed by atoms with van der Waals surface area (Å²) >= 11 is 0. The second-order valence-electron chi connectivity index (χ2n) is 1.28. The van der Waals surface area contributed by atoms with Crippen LogP contribution in [0.4, 0.5) is 0 Å². The van der Waals surface area contributed by atoms with Crippen LogP contribution < -0.4 is 0 Å². The molecule has 0 aromatic carbocycles. The maximum atomic E-state index is 9.43. The maximum absolute atomic E-state index is 9.43. The van der Waals surface area contributed by atoms with E-state index in [-0.39, 0.29) is 0 Å². The van der Waals surface area contributed by atoms with Crippen molar-refractivity contribution in [3.63, 3.8) is 0 Å². The van der Waals surface area contributed by atoms with Gasteiger partial charge in [0.15, 0.2) is 0 Å². The molecule has 6 heavy (non-hydrogen) atoms. The molecule has 32 valence electrons. The Balaban J connectivity index is 3.13. The van der Waals surface area contributed by atoms with Gasteiger partial charge in [0.2, 0.25) is 0 Å². The first-order valence-corrected chi connectivity index (χ1v) is 1.76. The molecule has 0 unspecified atom stereocenters. The molecule has 1 heteroatoms. The Bertz CT molecular complexity index is 86.6. The van der Waals surface area contributed by atoms with Gasteiger partial charge < -0.3 is 0 Å². The molecular weight excluding hydrogens is 76.1 g/mol. The third kappa shape index (κ3) is 3.48. The quantitative estimate of drug-likeness (QED) is 0.337. The summed E-state index contributed by atoms with van der Waals surface area (Å²) in [4.78, 5) is 0. The van der Waals surface area contributed by atoms with Crippen molar-refractivity contribution in [2.24, 2.45) is 0 Å². The Morgan fingerprint density at radius 2 is 2.50 bits per heavy atom. The molecule has 0 N–H and O–H groups in total. The molecule has 0 aromatic rings. The summed E-state index contributed by atoms with van der Waals surface area (Å²) in [5.74, 6) is 0. The first-order valence-electron chi connectivity index (χ1n) is 1.76. The van der Waals surface area contributed by atoms with Gasteiger partial charge in [-0.05, 0) is 0 Å². The van der Waals surface area contributed by atoms with Gasteiger partial charge in [-0.1, -0.05) is 0 Å². The minimum atomic E-state index is 0.375. The van der Waals surface area contributed by atoms with E-state index < -0.39 is 0 Å². The Morgan fingerprint density at radius 3 is 2.50 bits per heavy atom. The van der Waals surface area contributed by atoms with Gasteiger partial charge in [-0.25, -0.2) is 0 Å². The molecular formula is C5H7O+. The normalized spacial score (nSPS) is 6.67. The van der Waals surface area contributed by atoms with E-state index in [4.69, 9.17) is 0 Å². The van der Waals surface area contributed by atoms with Crippen molar-refractivity contribution in [1.82, 2.24) is 0 Å². The average Bonchev–Trinajstić information content (AvgIpc) is 1.35. The van der Waals surface area contributed by atoms with Gasteiger partial charge >= 0.3 is 36.3 Å². The molecule has 0 bridgehead atoms. The summed E-state index contributed by atoms with van der Waals surface area (Å²) < 4.78 is 9.43. The van der Waals surface area contributed by atoms with Gasteiger partial charge in [-0.2, -0.15) is 0 Å². The van der Waals surface area contributed by atoms with Crippen LogP contribution in [0.3, 0.4) is 0 Å². The minimum absolute atomic E-state index is 0.375. The first kappa shape index (κ1) is 5.48. The van der Waals surface area contributed by atoms with Gasteiger partial charge in [0.05, 0.1) is 0 Å². The van der Waals surface area contributed by atoms with E-state index in [1.54, 1.807) is 13.1 Å². The van der Waals surface area contributed by atoms with Crippen LogP contribution in [0.25, 0.3) is 0 Å². The number of allylic oxidation sites excluding steroid dienone is 1. The molecule has 0 amide bonds. The third-order valence-corrected chi connectivity index (χ3v) is 0.374. The first-order chi connectivity index (χ1) is 2.77. The van der Waals surface area contributed by atoms with Crippen molar-refractivity contribution >= 4 is 0 Å². The van der Waals surface area contributed by atoms with Crippen molar-refractivity contribution in [3.05, 3.63) is 12.2 Å². The summed E-state index contributed by atoms with van der Waals surface area (Å²) in [6.07, 6.45) is 2.09. The molecule has 1 nitrogen and oxygen atoms in total. The van der Waals surface area contributed by atoms with Crippen LogP contribution in [0.1, 0.15) is 13.3 Å². The predicted molar refractivity (Wildman–Crippen MR) is 24.0 cm³/mol. The summed E-state index contributed by atoms with van der Waals surface area (Å²) in [5, 5.41) is 0. The monoisotopic (exact) mass is 83.0 g/mol. The van der Waals surface area contributed by atoms with Crippen LogP contribution >= 0.6 is 0 Å². The number of rotatable bonds is 1. The summed E-state index contributed by atoms with van der Waals surface area (Å²) in [6.45, 7) is 5.28. The van der Waals surface area contributed by atoms with E-state index in [1.807, 2.05) is 0 Å². The standard InChI is InChI=1S/C5H7O/c1-5(2)3-4-6/h1,3H2,2H3/q+1. The second-order valence-corrected chi connectivity index (χ2v) is 1.28. The molecule has 0 aromatic heterocycles. The molecule has 0 rings (SSSR count). The molecule has 0 saturated carbocycles. The second kappa shape index (κ2) is 2.70. The van der Waals surface area contributed by atoms with E-state index in [2.05, 4.69) is 6.58 Å². The molecule has 0 aliphatic heterocycles. The fourth-order valence-electron chi connectivity index (χ4n) is 0.123. The Labute approximate surface area is 37.4 Å². The van der Waals surface area contributed by atoms with Gasteiger partial charge in [0.25, 0.3) is 0 Å². The fourth-order valence-corrected chi connectivity index (χ4v) is 0.123. The van der Waals surface area contributed by atoms with Crippen LogP contribution in [0, 0.1) is 6.15 Å². The van der Waals surface area contributed by atoms with Gasteiger partial charge in [-0.3, -0.25) is 0 Å². The van der Waals surface area contributed by atoms with E-state index in [0.717, 1.165) is 5.57 Å². The van der Waals surface area contributed by atoms with Crippen molar-refractivity contribution in [2.45, 2.75) is 13.3 Å². The Hall–Kier alpha value is -0.520. The van der Waals surface area contributed by atoms with Crippen LogP contribution in [0.2, 0.25) is 0 Å². The van der Waals surface area contributed by atoms with Crippen LogP contribution in [0.5, 0.6) is 0 Å². The SMILES string of the molecule is C=C(C)CC#[O+]. The van der Waals surface area contributed by atoms with Crippen molar-refractivity contribution < 1.29 is 4.65 Å². The molecule has 0 fully saturated rings. The Kier molecular flexibility index (Phi) is 2.47. The van der Waals surface area contributed by atoms with Gasteiger partial charge in [0, 0.05) is 0 Å². The fraction of sp³-hybridized carbons (Fsp3) is 0.400. The summed E-state index contributed by atoms with van der Waals surface area (Å²) in [5.41, 5.74) is 0.866. The van der Waals surface area contributed by atoms with Crippen molar-refractivity contribution in [2.75, 3.05) is 0 Å². The molecule has 0 radical (unpaired) electrons. The van der Waals surface area contributed by atoms with E-state index in [9.17, 15) is 4.65 Å². The van der Waals surface area contributed by atoms with Gasteiger partial charge in [-0.15, -0.1) is 0 Å². The zero-order valence-electron chi connectivity index (χ0n) is 3.82. The third-order valence-electron chi connectivity index (χ3n) is 0.374. The number of hydrogen-bond acceptors (Lipinski definition) is 0. The Morgan fingerprint density at radius 1 is 2.00 bits per heavy atom. The molecule has 0 heterocycles. The predicted octanol–water partition coefficient (Wildman–Crippen LogP) is 1.34. The molecule has 0 spiro atoms. The van der Waals surface area contributed by atoms with Crippen LogP contribution in [-0.2, 0) is 4.65 Å². The summed E-state index contributed by atoms with van der Waals surface area (Å²) in [7, 11) is 0. The topological polar surface area (TPSA) is 19.9 Å². The van der Waals surface area contributed by atoms with Crippen molar-refractivity contribution in [1.29, 1.82) is 0 Å². The van der Waals surface area contributed by atoms with Crippen LogP contribution in [-0.4, -0.2) is 0 Å². The zero-order chi connectivity index (χ0) is 4.99. The van der Waals surface area contributed by atoms with Gasteiger partial charge in [0.1, 0.15) is 0 Å². The van der Waals surface area contributed by atoms with E-state index >= 15 is 0 Å². The van der Waals surface area contributed by atoms with E-state index in [1.165, 1.54) is 0 Å². The zero-order valence-corrected chi connectivity index (χ0v) is 3.82. The van der Waals surface area contributed by atoms with E-state index in [0.29, 0.717) is 6.42 Å². The molecule has 0 aliphatic carbocycles. The number of hydrogen-bond donors (Lipinski definition) is 0. The average molecular weight is 83.1 g/mol. The van der Waals surface area contributed by atoms with Crippen LogP contribution in [0.15, 0.2) is 12.2 Å². The molecule has 0 saturated heterocycles. The molecule has 0 atom stereocenters. The van der Waals surface area contributed by atoms with Crippen molar-refractivity contribution in [3.8, 4) is 6.15 Å².